The van der Waals surface area contributed by atoms with E-state index in [2.05, 4.69) is 30.0 Å². The Morgan fingerprint density at radius 3 is 1.91 bits per heavy atom. The normalized spacial score (nSPS) is 45.8. The summed E-state index contributed by atoms with van der Waals surface area (Å²) in [4.78, 5) is 0. The summed E-state index contributed by atoms with van der Waals surface area (Å²) < 4.78 is 0. The zero-order valence-corrected chi connectivity index (χ0v) is 9.27. The topological polar surface area (TPSA) is 0 Å². The monoisotopic (exact) mass is 172 g/mol. The first-order valence-electron chi connectivity index (χ1n) is 4.76. The van der Waals surface area contributed by atoms with Gasteiger partial charge in [-0.2, -0.15) is 0 Å². The molecular weight excluding hydrogens is 151 g/mol. The maximum absolute atomic E-state index is 3.01. The first-order chi connectivity index (χ1) is 4.97. The predicted octanol–water partition coefficient (Wildman–Crippen LogP) is 3.61. The van der Waals surface area contributed by atoms with Gasteiger partial charge in [0, 0.05) is 0 Å². The van der Waals surface area contributed by atoms with Crippen LogP contribution >= 0.6 is 9.24 Å². The molecule has 0 aromatic carbocycles. The van der Waals surface area contributed by atoms with Gasteiger partial charge in [0.25, 0.3) is 0 Å². The second-order valence-electron chi connectivity index (χ2n) is 4.82. The summed E-state index contributed by atoms with van der Waals surface area (Å²) in [6.45, 7) is 7.13. The van der Waals surface area contributed by atoms with Crippen molar-refractivity contribution in [3.63, 3.8) is 0 Å². The third-order valence-electron chi connectivity index (χ3n) is 3.45. The van der Waals surface area contributed by atoms with Crippen molar-refractivity contribution in [1.82, 2.24) is 0 Å². The van der Waals surface area contributed by atoms with Crippen LogP contribution in [0.5, 0.6) is 0 Å². The van der Waals surface area contributed by atoms with Gasteiger partial charge in [0.15, 0.2) is 0 Å². The van der Waals surface area contributed by atoms with E-state index in [1.807, 2.05) is 0 Å². The summed E-state index contributed by atoms with van der Waals surface area (Å²) in [7, 11) is 3.01. The molecule has 1 atom stereocenters. The molecule has 0 spiro atoms. The minimum Gasteiger partial charge on any atom is -0.131 e. The zero-order valence-electron chi connectivity index (χ0n) is 8.11. The van der Waals surface area contributed by atoms with E-state index in [1.165, 1.54) is 32.1 Å². The predicted molar refractivity (Wildman–Crippen MR) is 55.0 cm³/mol. The molecule has 66 valence electrons. The highest BCUT2D eigenvalue weighted by molar-refractivity contribution is 7.18. The number of hydrogen-bond donors (Lipinski definition) is 0. The lowest BCUT2D eigenvalue weighted by atomic mass is 9.70. The van der Waals surface area contributed by atoms with Crippen molar-refractivity contribution in [2.45, 2.75) is 58.0 Å². The van der Waals surface area contributed by atoms with Crippen LogP contribution in [0.4, 0.5) is 0 Å². The zero-order chi connectivity index (χ0) is 8.54. The Bertz CT molecular complexity index is 128. The van der Waals surface area contributed by atoms with Crippen molar-refractivity contribution in [1.29, 1.82) is 0 Å². The summed E-state index contributed by atoms with van der Waals surface area (Å²) in [5, 5.41) is 0.550. The summed E-state index contributed by atoms with van der Waals surface area (Å²) >= 11 is 0. The molecule has 1 aliphatic rings. The van der Waals surface area contributed by atoms with E-state index >= 15 is 0 Å². The molecule has 1 heteroatoms. The fourth-order valence-electron chi connectivity index (χ4n) is 1.78. The first-order valence-corrected chi connectivity index (χ1v) is 5.34. The van der Waals surface area contributed by atoms with Crippen LogP contribution in [-0.4, -0.2) is 5.16 Å². The SMILES string of the molecule is CCC1(C)CCC(C)(P)CC1. The number of hydrogen-bond acceptors (Lipinski definition) is 0. The second kappa shape index (κ2) is 3.05. The summed E-state index contributed by atoms with van der Waals surface area (Å²) in [6, 6.07) is 0. The molecule has 0 radical (unpaired) electrons. The summed E-state index contributed by atoms with van der Waals surface area (Å²) in [5.74, 6) is 0. The molecule has 1 saturated carbocycles. The van der Waals surface area contributed by atoms with Gasteiger partial charge in [-0.3, -0.25) is 0 Å². The maximum atomic E-state index is 3.01. The highest BCUT2D eigenvalue weighted by Crippen LogP contribution is 2.46. The Labute approximate surface area is 73.3 Å². The van der Waals surface area contributed by atoms with Crippen molar-refractivity contribution >= 4 is 9.24 Å². The average molecular weight is 172 g/mol. The van der Waals surface area contributed by atoms with Crippen molar-refractivity contribution < 1.29 is 0 Å². The first kappa shape index (κ1) is 9.52. The smallest absolute Gasteiger partial charge is 0.0178 e. The van der Waals surface area contributed by atoms with Crippen LogP contribution in [0.25, 0.3) is 0 Å². The Hall–Kier alpha value is 0.430. The number of rotatable bonds is 1. The van der Waals surface area contributed by atoms with Crippen LogP contribution < -0.4 is 0 Å². The van der Waals surface area contributed by atoms with E-state index in [1.54, 1.807) is 0 Å². The Morgan fingerprint density at radius 2 is 1.55 bits per heavy atom. The maximum Gasteiger partial charge on any atom is -0.0178 e. The van der Waals surface area contributed by atoms with E-state index in [0.29, 0.717) is 10.6 Å². The Kier molecular flexibility index (Phi) is 2.64. The lowest BCUT2D eigenvalue weighted by Gasteiger charge is -2.40. The van der Waals surface area contributed by atoms with E-state index in [9.17, 15) is 0 Å². The van der Waals surface area contributed by atoms with Gasteiger partial charge < -0.3 is 0 Å². The molecular formula is C10H21P. The molecule has 1 unspecified atom stereocenters. The lowest BCUT2D eigenvalue weighted by molar-refractivity contribution is 0.185. The van der Waals surface area contributed by atoms with Gasteiger partial charge in [-0.1, -0.05) is 27.2 Å². The van der Waals surface area contributed by atoms with Crippen molar-refractivity contribution in [2.24, 2.45) is 5.41 Å². The molecule has 0 aromatic rings. The van der Waals surface area contributed by atoms with E-state index in [-0.39, 0.29) is 0 Å². The second-order valence-corrected chi connectivity index (χ2v) is 6.21. The fourth-order valence-corrected chi connectivity index (χ4v) is 2.07. The molecule has 1 fully saturated rings. The van der Waals surface area contributed by atoms with Gasteiger partial charge in [-0.05, 0) is 36.3 Å². The summed E-state index contributed by atoms with van der Waals surface area (Å²) in [5.41, 5.74) is 0.663. The standard InChI is InChI=1S/C10H21P/c1-4-9(2)5-7-10(3,11)8-6-9/h4-8,11H2,1-3H3. The van der Waals surface area contributed by atoms with Crippen LogP contribution in [0.2, 0.25) is 0 Å². The van der Waals surface area contributed by atoms with Crippen molar-refractivity contribution in [2.75, 3.05) is 0 Å². The molecule has 0 aromatic heterocycles. The minimum absolute atomic E-state index is 0.550. The highest BCUT2D eigenvalue weighted by atomic mass is 31.0. The van der Waals surface area contributed by atoms with Gasteiger partial charge in [0.1, 0.15) is 0 Å². The average Bonchev–Trinajstić information content (AvgIpc) is 1.97. The fraction of sp³-hybridized carbons (Fsp3) is 1.00. The van der Waals surface area contributed by atoms with Crippen molar-refractivity contribution in [3.8, 4) is 0 Å². The van der Waals surface area contributed by atoms with Gasteiger partial charge >= 0.3 is 0 Å². The third kappa shape index (κ3) is 2.44. The molecule has 1 aliphatic carbocycles. The molecule has 0 bridgehead atoms. The van der Waals surface area contributed by atoms with Crippen LogP contribution in [-0.2, 0) is 0 Å². The quantitative estimate of drug-likeness (QED) is 0.530. The molecule has 0 nitrogen and oxygen atoms in total. The van der Waals surface area contributed by atoms with Gasteiger partial charge in [-0.25, -0.2) is 0 Å². The molecule has 0 saturated heterocycles. The molecule has 0 N–H and O–H groups in total. The van der Waals surface area contributed by atoms with Crippen LogP contribution in [0.1, 0.15) is 52.9 Å². The van der Waals surface area contributed by atoms with Gasteiger partial charge in [-0.15, -0.1) is 9.24 Å². The van der Waals surface area contributed by atoms with Crippen LogP contribution in [0.3, 0.4) is 0 Å². The lowest BCUT2D eigenvalue weighted by Crippen LogP contribution is -2.30. The van der Waals surface area contributed by atoms with Crippen molar-refractivity contribution in [3.05, 3.63) is 0 Å². The minimum atomic E-state index is 0.550. The van der Waals surface area contributed by atoms with Crippen LogP contribution in [0.15, 0.2) is 0 Å². The van der Waals surface area contributed by atoms with E-state index < -0.39 is 0 Å². The molecule has 11 heavy (non-hydrogen) atoms. The Balaban J connectivity index is 2.48. The Morgan fingerprint density at radius 1 is 1.09 bits per heavy atom. The van der Waals surface area contributed by atoms with E-state index in [4.69, 9.17) is 0 Å². The van der Waals surface area contributed by atoms with Gasteiger partial charge in [0.2, 0.25) is 0 Å². The molecule has 0 heterocycles. The largest absolute Gasteiger partial charge is 0.131 e. The highest BCUT2D eigenvalue weighted by Gasteiger charge is 2.33. The molecule has 1 rings (SSSR count). The summed E-state index contributed by atoms with van der Waals surface area (Å²) in [6.07, 6.45) is 6.98. The molecule has 0 amide bonds. The van der Waals surface area contributed by atoms with Crippen LogP contribution in [0, 0.1) is 5.41 Å². The molecule has 0 aliphatic heterocycles. The third-order valence-corrected chi connectivity index (χ3v) is 4.03. The van der Waals surface area contributed by atoms with Gasteiger partial charge in [0.05, 0.1) is 0 Å². The van der Waals surface area contributed by atoms with E-state index in [0.717, 1.165) is 0 Å².